The molecule has 1 aliphatic rings. The van der Waals surface area contributed by atoms with Crippen molar-refractivity contribution in [3.8, 4) is 11.5 Å². The molecule has 104 valence electrons. The zero-order valence-electron chi connectivity index (χ0n) is 11.2. The molecule has 1 aliphatic heterocycles. The average Bonchev–Trinajstić information content (AvgIpc) is 2.35. The molecule has 5 nitrogen and oxygen atoms in total. The van der Waals surface area contributed by atoms with Gasteiger partial charge in [-0.05, 0) is 23.1 Å². The lowest BCUT2D eigenvalue weighted by atomic mass is 9.78. The molecule has 0 aromatic heterocycles. The van der Waals surface area contributed by atoms with Gasteiger partial charge >= 0.3 is 5.97 Å². The molecular formula is C14H19NO4. The lowest BCUT2D eigenvalue weighted by Gasteiger charge is -2.31. The molecule has 0 aliphatic carbocycles. The zero-order chi connectivity index (χ0) is 14.0. The first-order valence-electron chi connectivity index (χ1n) is 6.27. The van der Waals surface area contributed by atoms with Gasteiger partial charge in [0, 0.05) is 6.04 Å². The molecule has 1 heterocycles. The van der Waals surface area contributed by atoms with E-state index in [0.717, 1.165) is 5.56 Å². The predicted molar refractivity (Wildman–Crippen MR) is 70.4 cm³/mol. The van der Waals surface area contributed by atoms with Gasteiger partial charge in [0.05, 0.1) is 6.42 Å². The van der Waals surface area contributed by atoms with Crippen LogP contribution in [-0.2, 0) is 4.79 Å². The second-order valence-electron chi connectivity index (χ2n) is 5.44. The summed E-state index contributed by atoms with van der Waals surface area (Å²) in [6, 6.07) is 5.14. The molecule has 3 N–H and O–H groups in total. The molecule has 0 amide bonds. The predicted octanol–water partition coefficient (Wildman–Crippen LogP) is 1.96. The third-order valence-electron chi connectivity index (χ3n) is 3.37. The topological polar surface area (TPSA) is 81.8 Å². The van der Waals surface area contributed by atoms with E-state index in [2.05, 4.69) is 0 Å². The van der Waals surface area contributed by atoms with Crippen LogP contribution >= 0.6 is 0 Å². The Morgan fingerprint density at radius 3 is 2.63 bits per heavy atom. The molecule has 0 bridgehead atoms. The van der Waals surface area contributed by atoms with Crippen LogP contribution in [-0.4, -0.2) is 24.3 Å². The van der Waals surface area contributed by atoms with E-state index in [9.17, 15) is 4.79 Å². The fourth-order valence-corrected chi connectivity index (χ4v) is 2.20. The second kappa shape index (κ2) is 5.09. The fraction of sp³-hybridized carbons (Fsp3) is 0.500. The summed E-state index contributed by atoms with van der Waals surface area (Å²) in [6.07, 6.45) is 0.0165. The number of hydrogen-bond donors (Lipinski definition) is 2. The number of ether oxygens (including phenoxy) is 2. The number of rotatable bonds is 4. The van der Waals surface area contributed by atoms with E-state index in [4.69, 9.17) is 20.3 Å². The van der Waals surface area contributed by atoms with Gasteiger partial charge in [0.2, 0.25) is 0 Å². The number of carboxylic acid groups (broad SMARTS) is 1. The first kappa shape index (κ1) is 13.7. The molecule has 0 fully saturated rings. The van der Waals surface area contributed by atoms with E-state index in [1.807, 2.05) is 32.0 Å². The van der Waals surface area contributed by atoms with E-state index >= 15 is 0 Å². The van der Waals surface area contributed by atoms with Crippen LogP contribution in [0.25, 0.3) is 0 Å². The summed E-state index contributed by atoms with van der Waals surface area (Å²) in [5.41, 5.74) is 6.52. The number of carboxylic acids is 1. The summed E-state index contributed by atoms with van der Waals surface area (Å²) in [6.45, 7) is 4.76. The molecule has 1 atom stereocenters. The summed E-state index contributed by atoms with van der Waals surface area (Å²) < 4.78 is 11.0. The van der Waals surface area contributed by atoms with Gasteiger partial charge in [-0.25, -0.2) is 0 Å². The van der Waals surface area contributed by atoms with Crippen LogP contribution < -0.4 is 15.2 Å². The quantitative estimate of drug-likeness (QED) is 0.869. The Morgan fingerprint density at radius 2 is 2.00 bits per heavy atom. The smallest absolute Gasteiger partial charge is 0.303 e. The molecule has 19 heavy (non-hydrogen) atoms. The minimum absolute atomic E-state index is 0.0165. The number of fused-ring (bicyclic) bond motifs is 1. The van der Waals surface area contributed by atoms with Gasteiger partial charge < -0.3 is 20.3 Å². The Bertz CT molecular complexity index is 484. The maximum atomic E-state index is 10.9. The molecular weight excluding hydrogens is 246 g/mol. The normalized spacial score (nSPS) is 15.9. The highest BCUT2D eigenvalue weighted by Gasteiger charge is 2.31. The number of hydrogen-bond acceptors (Lipinski definition) is 4. The first-order chi connectivity index (χ1) is 8.90. The Balaban J connectivity index is 2.23. The van der Waals surface area contributed by atoms with Gasteiger partial charge in [0.15, 0.2) is 11.5 Å². The monoisotopic (exact) mass is 265 g/mol. The fourth-order valence-electron chi connectivity index (χ4n) is 2.20. The van der Waals surface area contributed by atoms with Gasteiger partial charge in [0.25, 0.3) is 0 Å². The van der Waals surface area contributed by atoms with Crippen LogP contribution in [0.1, 0.15) is 31.9 Å². The van der Waals surface area contributed by atoms with Gasteiger partial charge in [-0.3, -0.25) is 4.79 Å². The molecule has 1 unspecified atom stereocenters. The van der Waals surface area contributed by atoms with Crippen LogP contribution in [0.3, 0.4) is 0 Å². The minimum Gasteiger partial charge on any atom is -0.486 e. The maximum absolute atomic E-state index is 10.9. The van der Waals surface area contributed by atoms with Crippen molar-refractivity contribution in [1.82, 2.24) is 0 Å². The SMILES string of the molecule is CC(C)(CC(=O)O)C(N)c1ccc2c(c1)OCCO2. The van der Waals surface area contributed by atoms with Crippen LogP contribution in [0.15, 0.2) is 18.2 Å². The zero-order valence-corrected chi connectivity index (χ0v) is 11.2. The lowest BCUT2D eigenvalue weighted by Crippen LogP contribution is -2.31. The molecule has 0 radical (unpaired) electrons. The van der Waals surface area contributed by atoms with Crippen molar-refractivity contribution >= 4 is 5.97 Å². The van der Waals surface area contributed by atoms with Crippen molar-refractivity contribution < 1.29 is 19.4 Å². The highest BCUT2D eigenvalue weighted by Crippen LogP contribution is 2.38. The first-order valence-corrected chi connectivity index (χ1v) is 6.27. The van der Waals surface area contributed by atoms with E-state index in [-0.39, 0.29) is 12.5 Å². The number of aliphatic carboxylic acids is 1. The number of benzene rings is 1. The highest BCUT2D eigenvalue weighted by atomic mass is 16.6. The number of carbonyl (C=O) groups is 1. The Hall–Kier alpha value is -1.75. The van der Waals surface area contributed by atoms with Crippen LogP contribution in [0.2, 0.25) is 0 Å². The summed E-state index contributed by atoms with van der Waals surface area (Å²) in [7, 11) is 0. The average molecular weight is 265 g/mol. The molecule has 0 saturated carbocycles. The molecule has 1 aromatic carbocycles. The summed E-state index contributed by atoms with van der Waals surface area (Å²) in [5.74, 6) is 0.529. The van der Waals surface area contributed by atoms with Gasteiger partial charge in [-0.2, -0.15) is 0 Å². The van der Waals surface area contributed by atoms with E-state index in [0.29, 0.717) is 24.7 Å². The second-order valence-corrected chi connectivity index (χ2v) is 5.44. The van der Waals surface area contributed by atoms with Crippen molar-refractivity contribution in [2.45, 2.75) is 26.3 Å². The Kier molecular flexibility index (Phi) is 3.66. The minimum atomic E-state index is -0.849. The van der Waals surface area contributed by atoms with Crippen molar-refractivity contribution in [3.05, 3.63) is 23.8 Å². The molecule has 5 heteroatoms. The maximum Gasteiger partial charge on any atom is 0.303 e. The van der Waals surface area contributed by atoms with Crippen LogP contribution in [0.5, 0.6) is 11.5 Å². The summed E-state index contributed by atoms with van der Waals surface area (Å²) >= 11 is 0. The highest BCUT2D eigenvalue weighted by molar-refractivity contribution is 5.67. The van der Waals surface area contributed by atoms with Gasteiger partial charge in [-0.1, -0.05) is 19.9 Å². The van der Waals surface area contributed by atoms with Crippen LogP contribution in [0, 0.1) is 5.41 Å². The van der Waals surface area contributed by atoms with Crippen molar-refractivity contribution in [2.24, 2.45) is 11.1 Å². The van der Waals surface area contributed by atoms with Crippen molar-refractivity contribution in [2.75, 3.05) is 13.2 Å². The lowest BCUT2D eigenvalue weighted by molar-refractivity contribution is -0.139. The Morgan fingerprint density at radius 1 is 1.37 bits per heavy atom. The van der Waals surface area contributed by atoms with E-state index in [1.165, 1.54) is 0 Å². The third-order valence-corrected chi connectivity index (χ3v) is 3.37. The Labute approximate surface area is 112 Å². The molecule has 2 rings (SSSR count). The summed E-state index contributed by atoms with van der Waals surface area (Å²) in [5, 5.41) is 8.94. The van der Waals surface area contributed by atoms with E-state index < -0.39 is 11.4 Å². The molecule has 0 spiro atoms. The van der Waals surface area contributed by atoms with Gasteiger partial charge in [-0.15, -0.1) is 0 Å². The van der Waals surface area contributed by atoms with Crippen molar-refractivity contribution in [1.29, 1.82) is 0 Å². The van der Waals surface area contributed by atoms with Crippen molar-refractivity contribution in [3.63, 3.8) is 0 Å². The molecule has 0 saturated heterocycles. The third kappa shape index (κ3) is 2.98. The summed E-state index contributed by atoms with van der Waals surface area (Å²) in [4.78, 5) is 10.9. The van der Waals surface area contributed by atoms with Gasteiger partial charge in [0.1, 0.15) is 13.2 Å². The standard InChI is InChI=1S/C14H19NO4/c1-14(2,8-12(16)17)13(15)9-3-4-10-11(7-9)19-6-5-18-10/h3-4,7,13H,5-6,8,15H2,1-2H3,(H,16,17). The largest absolute Gasteiger partial charge is 0.486 e. The van der Waals surface area contributed by atoms with Crippen LogP contribution in [0.4, 0.5) is 0 Å². The van der Waals surface area contributed by atoms with E-state index in [1.54, 1.807) is 0 Å². The number of nitrogens with two attached hydrogens (primary N) is 1. The molecule has 1 aromatic rings.